The molecule has 0 bridgehead atoms. The highest BCUT2D eigenvalue weighted by atomic mass is 32.2. The van der Waals surface area contributed by atoms with E-state index < -0.39 is 9.84 Å². The first-order valence-electron chi connectivity index (χ1n) is 6.03. The van der Waals surface area contributed by atoms with Gasteiger partial charge in [-0.15, -0.1) is 11.3 Å². The van der Waals surface area contributed by atoms with E-state index in [2.05, 4.69) is 5.32 Å². The molecule has 1 atom stereocenters. The number of nitrogens with one attached hydrogen (secondary N) is 1. The molecule has 0 aliphatic carbocycles. The zero-order chi connectivity index (χ0) is 13.5. The van der Waals surface area contributed by atoms with Crippen molar-refractivity contribution in [1.82, 2.24) is 5.32 Å². The monoisotopic (exact) mass is 295 g/mol. The Morgan fingerprint density at radius 1 is 1.32 bits per heavy atom. The highest BCUT2D eigenvalue weighted by molar-refractivity contribution is 7.91. The number of carbonyl (C=O) groups excluding carboxylic acids is 1. The fourth-order valence-corrected chi connectivity index (χ4v) is 4.90. The standard InChI is InChI=1S/C13H13NO3S2/c15-13(14-10-5-6-19(16,17)8-10)12-7-9-3-1-2-4-11(9)18-12/h1-4,7,10H,5-6,8H2,(H,14,15)/t10-/m1/s1. The minimum absolute atomic E-state index is 0.0592. The number of hydrogen-bond donors (Lipinski definition) is 1. The van der Waals surface area contributed by atoms with E-state index in [1.54, 1.807) is 0 Å². The van der Waals surface area contributed by atoms with Crippen molar-refractivity contribution < 1.29 is 13.2 Å². The van der Waals surface area contributed by atoms with Crippen LogP contribution in [-0.2, 0) is 9.84 Å². The fraction of sp³-hybridized carbons (Fsp3) is 0.308. The molecule has 0 spiro atoms. The second-order valence-corrected chi connectivity index (χ2v) is 8.03. The third kappa shape index (κ3) is 2.64. The molecule has 1 amide bonds. The van der Waals surface area contributed by atoms with Gasteiger partial charge in [0, 0.05) is 10.7 Å². The number of sulfone groups is 1. The van der Waals surface area contributed by atoms with Crippen LogP contribution < -0.4 is 5.32 Å². The van der Waals surface area contributed by atoms with Crippen LogP contribution in [0.3, 0.4) is 0 Å². The van der Waals surface area contributed by atoms with Gasteiger partial charge in [-0.2, -0.15) is 0 Å². The van der Waals surface area contributed by atoms with Gasteiger partial charge in [-0.05, 0) is 23.9 Å². The second kappa shape index (κ2) is 4.61. The van der Waals surface area contributed by atoms with Crippen LogP contribution in [0.4, 0.5) is 0 Å². The molecular weight excluding hydrogens is 282 g/mol. The van der Waals surface area contributed by atoms with Crippen molar-refractivity contribution >= 4 is 37.2 Å². The Labute approximate surface area is 115 Å². The topological polar surface area (TPSA) is 63.2 Å². The Morgan fingerprint density at radius 3 is 2.79 bits per heavy atom. The number of amides is 1. The molecule has 0 radical (unpaired) electrons. The molecule has 1 fully saturated rings. The summed E-state index contributed by atoms with van der Waals surface area (Å²) >= 11 is 1.43. The van der Waals surface area contributed by atoms with E-state index >= 15 is 0 Å². The van der Waals surface area contributed by atoms with E-state index in [-0.39, 0.29) is 23.5 Å². The van der Waals surface area contributed by atoms with E-state index in [0.29, 0.717) is 11.3 Å². The average Bonchev–Trinajstić information content (AvgIpc) is 2.92. The molecule has 4 nitrogen and oxygen atoms in total. The summed E-state index contributed by atoms with van der Waals surface area (Å²) in [7, 11) is -2.96. The summed E-state index contributed by atoms with van der Waals surface area (Å²) in [6, 6.07) is 9.39. The minimum atomic E-state index is -2.96. The molecule has 1 aliphatic rings. The van der Waals surface area contributed by atoms with Crippen LogP contribution in [0.5, 0.6) is 0 Å². The van der Waals surface area contributed by atoms with Gasteiger partial charge in [-0.25, -0.2) is 8.42 Å². The summed E-state index contributed by atoms with van der Waals surface area (Å²) in [5.41, 5.74) is 0. The lowest BCUT2D eigenvalue weighted by Gasteiger charge is -2.08. The van der Waals surface area contributed by atoms with Gasteiger partial charge in [0.1, 0.15) is 0 Å². The third-order valence-electron chi connectivity index (χ3n) is 3.22. The number of rotatable bonds is 2. The molecule has 3 rings (SSSR count). The maximum Gasteiger partial charge on any atom is 0.261 e. The molecule has 1 saturated heterocycles. The van der Waals surface area contributed by atoms with E-state index in [1.165, 1.54) is 11.3 Å². The summed E-state index contributed by atoms with van der Waals surface area (Å²) < 4.78 is 23.8. The van der Waals surface area contributed by atoms with Crippen LogP contribution >= 0.6 is 11.3 Å². The maximum absolute atomic E-state index is 12.1. The average molecular weight is 295 g/mol. The summed E-state index contributed by atoms with van der Waals surface area (Å²) in [5, 5.41) is 3.84. The van der Waals surface area contributed by atoms with Crippen LogP contribution in [0.15, 0.2) is 30.3 Å². The van der Waals surface area contributed by atoms with Crippen molar-refractivity contribution in [2.24, 2.45) is 0 Å². The molecule has 6 heteroatoms. The normalized spacial score (nSPS) is 21.6. The van der Waals surface area contributed by atoms with E-state index in [1.807, 2.05) is 30.3 Å². The Kier molecular flexibility index (Phi) is 3.06. The third-order valence-corrected chi connectivity index (χ3v) is 6.10. The lowest BCUT2D eigenvalue weighted by molar-refractivity contribution is 0.0945. The largest absolute Gasteiger partial charge is 0.348 e. The first kappa shape index (κ1) is 12.6. The Hall–Kier alpha value is -1.40. The molecule has 1 aromatic carbocycles. The van der Waals surface area contributed by atoms with Crippen LogP contribution in [0, 0.1) is 0 Å². The van der Waals surface area contributed by atoms with Gasteiger partial charge >= 0.3 is 0 Å². The summed E-state index contributed by atoms with van der Waals surface area (Å²) in [6.07, 6.45) is 0.513. The van der Waals surface area contributed by atoms with Crippen molar-refractivity contribution in [2.75, 3.05) is 11.5 Å². The van der Waals surface area contributed by atoms with Crippen LogP contribution in [0.25, 0.3) is 10.1 Å². The van der Waals surface area contributed by atoms with Crippen molar-refractivity contribution in [1.29, 1.82) is 0 Å². The quantitative estimate of drug-likeness (QED) is 0.919. The SMILES string of the molecule is O=C(N[C@@H]1CCS(=O)(=O)C1)c1cc2ccccc2s1. The zero-order valence-electron chi connectivity index (χ0n) is 10.1. The molecule has 1 aromatic heterocycles. The van der Waals surface area contributed by atoms with Gasteiger partial charge in [-0.3, -0.25) is 4.79 Å². The van der Waals surface area contributed by atoms with Gasteiger partial charge < -0.3 is 5.32 Å². The van der Waals surface area contributed by atoms with E-state index in [4.69, 9.17) is 0 Å². The Bertz CT molecular complexity index is 700. The fourth-order valence-electron chi connectivity index (χ4n) is 2.26. The lowest BCUT2D eigenvalue weighted by Crippen LogP contribution is -2.35. The van der Waals surface area contributed by atoms with E-state index in [0.717, 1.165) is 10.1 Å². The highest BCUT2D eigenvalue weighted by Crippen LogP contribution is 2.25. The number of hydrogen-bond acceptors (Lipinski definition) is 4. The van der Waals surface area contributed by atoms with Crippen LogP contribution in [0.1, 0.15) is 16.1 Å². The van der Waals surface area contributed by atoms with Crippen molar-refractivity contribution in [3.8, 4) is 0 Å². The smallest absolute Gasteiger partial charge is 0.261 e. The summed E-state index contributed by atoms with van der Waals surface area (Å²) in [4.78, 5) is 12.7. The van der Waals surface area contributed by atoms with Gasteiger partial charge in [0.05, 0.1) is 16.4 Å². The molecule has 19 heavy (non-hydrogen) atoms. The minimum Gasteiger partial charge on any atom is -0.348 e. The Morgan fingerprint density at radius 2 is 2.11 bits per heavy atom. The summed E-state index contributed by atoms with van der Waals surface area (Å²) in [5.74, 6) is 0.0527. The molecule has 1 aliphatic heterocycles. The highest BCUT2D eigenvalue weighted by Gasteiger charge is 2.29. The van der Waals surface area contributed by atoms with Gasteiger partial charge in [0.2, 0.25) is 0 Å². The Balaban J connectivity index is 1.77. The molecule has 100 valence electrons. The molecule has 1 N–H and O–H groups in total. The molecular formula is C13H13NO3S2. The molecule has 0 unspecified atom stereocenters. The number of carbonyl (C=O) groups is 1. The first-order valence-corrected chi connectivity index (χ1v) is 8.67. The lowest BCUT2D eigenvalue weighted by atomic mass is 10.2. The van der Waals surface area contributed by atoms with Gasteiger partial charge in [0.25, 0.3) is 5.91 Å². The van der Waals surface area contributed by atoms with Crippen LogP contribution in [0.2, 0.25) is 0 Å². The van der Waals surface area contributed by atoms with E-state index in [9.17, 15) is 13.2 Å². The molecule has 2 heterocycles. The van der Waals surface area contributed by atoms with Gasteiger partial charge in [0.15, 0.2) is 9.84 Å². The number of fused-ring (bicyclic) bond motifs is 1. The van der Waals surface area contributed by atoms with Crippen molar-refractivity contribution in [3.05, 3.63) is 35.2 Å². The number of thiophene rings is 1. The van der Waals surface area contributed by atoms with Crippen LogP contribution in [-0.4, -0.2) is 31.9 Å². The van der Waals surface area contributed by atoms with Crippen molar-refractivity contribution in [2.45, 2.75) is 12.5 Å². The van der Waals surface area contributed by atoms with Gasteiger partial charge in [-0.1, -0.05) is 18.2 Å². The predicted octanol–water partition coefficient (Wildman–Crippen LogP) is 1.82. The van der Waals surface area contributed by atoms with Crippen molar-refractivity contribution in [3.63, 3.8) is 0 Å². The molecule has 2 aromatic rings. The predicted molar refractivity (Wildman–Crippen MR) is 76.4 cm³/mol. The zero-order valence-corrected chi connectivity index (χ0v) is 11.8. The maximum atomic E-state index is 12.1. The molecule has 0 saturated carbocycles. The summed E-state index contributed by atoms with van der Waals surface area (Å²) in [6.45, 7) is 0. The first-order chi connectivity index (χ1) is 9.03. The second-order valence-electron chi connectivity index (χ2n) is 4.72. The number of benzene rings is 1.